The van der Waals surface area contributed by atoms with Gasteiger partial charge in [0.25, 0.3) is 0 Å². The van der Waals surface area contributed by atoms with Gasteiger partial charge in [-0.3, -0.25) is 4.79 Å². The Balaban J connectivity index is 1.84. The van der Waals surface area contributed by atoms with Crippen LogP contribution in [0.2, 0.25) is 0 Å². The molecule has 0 aliphatic carbocycles. The van der Waals surface area contributed by atoms with E-state index in [1.807, 2.05) is 36.9 Å². The molecular formula is C17H32N4O3S. The Kier molecular flexibility index (Phi) is 6.85. The summed E-state index contributed by atoms with van der Waals surface area (Å²) in [4.78, 5) is 26.3. The second-order valence-electron chi connectivity index (χ2n) is 8.09. The van der Waals surface area contributed by atoms with Crippen LogP contribution in [-0.4, -0.2) is 69.4 Å². The van der Waals surface area contributed by atoms with Crippen LogP contribution in [0.15, 0.2) is 0 Å². The molecule has 8 heteroatoms. The first kappa shape index (κ1) is 20.2. The molecule has 0 saturated carbocycles. The van der Waals surface area contributed by atoms with Gasteiger partial charge in [0.05, 0.1) is 17.5 Å². The molecule has 2 heterocycles. The van der Waals surface area contributed by atoms with Gasteiger partial charge < -0.3 is 15.5 Å². The number of urea groups is 1. The second kappa shape index (κ2) is 8.49. The summed E-state index contributed by atoms with van der Waals surface area (Å²) in [5.74, 6) is 0.666. The quantitative estimate of drug-likeness (QED) is 0.758. The van der Waals surface area contributed by atoms with Crippen LogP contribution in [0.1, 0.15) is 47.0 Å². The normalized spacial score (nSPS) is 25.8. The highest BCUT2D eigenvalue weighted by Gasteiger charge is 2.32. The molecule has 2 aliphatic heterocycles. The molecule has 0 radical (unpaired) electrons. The molecule has 3 atom stereocenters. The van der Waals surface area contributed by atoms with Crippen LogP contribution in [0.3, 0.4) is 0 Å². The summed E-state index contributed by atoms with van der Waals surface area (Å²) in [7, 11) is -0.947. The molecule has 2 rings (SSSR count). The molecule has 144 valence electrons. The minimum absolute atomic E-state index is 0.0165. The maximum Gasteiger partial charge on any atom is 0.315 e. The van der Waals surface area contributed by atoms with E-state index in [4.69, 9.17) is 0 Å². The Bertz CT molecular complexity index is 521. The average Bonchev–Trinajstić information content (AvgIpc) is 3.12. The molecule has 25 heavy (non-hydrogen) atoms. The van der Waals surface area contributed by atoms with Crippen molar-refractivity contribution in [3.63, 3.8) is 0 Å². The lowest BCUT2D eigenvalue weighted by Crippen LogP contribution is -2.54. The number of nitrogens with one attached hydrogen (secondary N) is 2. The van der Waals surface area contributed by atoms with Crippen molar-refractivity contribution >= 4 is 22.9 Å². The molecule has 0 spiro atoms. The highest BCUT2D eigenvalue weighted by molar-refractivity contribution is 7.82. The lowest BCUT2D eigenvalue weighted by atomic mass is 9.86. The fourth-order valence-corrected chi connectivity index (χ4v) is 4.56. The molecule has 0 aromatic heterocycles. The third kappa shape index (κ3) is 5.67. The van der Waals surface area contributed by atoms with Crippen molar-refractivity contribution in [2.45, 2.75) is 59.0 Å². The van der Waals surface area contributed by atoms with Gasteiger partial charge in [0.2, 0.25) is 5.91 Å². The van der Waals surface area contributed by atoms with Gasteiger partial charge in [-0.1, -0.05) is 20.8 Å². The molecule has 7 nitrogen and oxygen atoms in total. The smallest absolute Gasteiger partial charge is 0.315 e. The van der Waals surface area contributed by atoms with Crippen molar-refractivity contribution in [3.8, 4) is 0 Å². The number of amides is 3. The number of rotatable bonds is 5. The largest absolute Gasteiger partial charge is 0.338 e. The van der Waals surface area contributed by atoms with Crippen LogP contribution in [0.4, 0.5) is 4.79 Å². The maximum absolute atomic E-state index is 12.3. The van der Waals surface area contributed by atoms with Crippen molar-refractivity contribution in [1.82, 2.24) is 19.8 Å². The fraction of sp³-hybridized carbons (Fsp3) is 0.882. The monoisotopic (exact) mass is 372 g/mol. The number of likely N-dealkylation sites (tertiary alicyclic amines) is 1. The Morgan fingerprint density at radius 2 is 1.96 bits per heavy atom. The number of hydrogen-bond acceptors (Lipinski definition) is 3. The molecule has 0 bridgehead atoms. The Morgan fingerprint density at radius 1 is 1.24 bits per heavy atom. The molecule has 2 N–H and O–H groups in total. The van der Waals surface area contributed by atoms with Crippen molar-refractivity contribution < 1.29 is 13.8 Å². The standard InChI is InChI=1S/C17H32N4O3S/c1-13-7-5-9-21(13)15(22)11-18-16(23)19-14(17(2,3)4)12-20-8-6-10-25(20)24/h13-14H,5-12H2,1-4H3,(H2,18,19,23)/t13-,14?,25?/m1/s1. The van der Waals surface area contributed by atoms with E-state index >= 15 is 0 Å². The lowest BCUT2D eigenvalue weighted by molar-refractivity contribution is -0.130. The van der Waals surface area contributed by atoms with Crippen LogP contribution in [0, 0.1) is 5.41 Å². The molecular weight excluding hydrogens is 340 g/mol. The molecule has 0 aromatic rings. The molecule has 0 aromatic carbocycles. The van der Waals surface area contributed by atoms with Gasteiger partial charge in [0.15, 0.2) is 0 Å². The number of carbonyl (C=O) groups is 2. The second-order valence-corrected chi connectivity index (χ2v) is 9.66. The van der Waals surface area contributed by atoms with E-state index in [0.717, 1.165) is 32.4 Å². The van der Waals surface area contributed by atoms with Gasteiger partial charge in [-0.2, -0.15) is 0 Å². The van der Waals surface area contributed by atoms with Crippen LogP contribution in [0.5, 0.6) is 0 Å². The van der Waals surface area contributed by atoms with Gasteiger partial charge in [0, 0.05) is 37.5 Å². The highest BCUT2D eigenvalue weighted by Crippen LogP contribution is 2.22. The van der Waals surface area contributed by atoms with Gasteiger partial charge >= 0.3 is 6.03 Å². The molecule has 2 saturated heterocycles. The highest BCUT2D eigenvalue weighted by atomic mass is 32.2. The average molecular weight is 373 g/mol. The van der Waals surface area contributed by atoms with Crippen molar-refractivity contribution in [2.24, 2.45) is 5.41 Å². The fourth-order valence-electron chi connectivity index (χ4n) is 3.28. The maximum atomic E-state index is 12.3. The molecule has 2 fully saturated rings. The van der Waals surface area contributed by atoms with Crippen LogP contribution >= 0.6 is 0 Å². The Hall–Kier alpha value is -1.15. The van der Waals surface area contributed by atoms with Crippen molar-refractivity contribution in [3.05, 3.63) is 0 Å². The third-order valence-corrected chi connectivity index (χ3v) is 6.57. The predicted molar refractivity (Wildman–Crippen MR) is 99.4 cm³/mol. The Morgan fingerprint density at radius 3 is 2.48 bits per heavy atom. The van der Waals surface area contributed by atoms with E-state index in [2.05, 4.69) is 10.6 Å². The summed E-state index contributed by atoms with van der Waals surface area (Å²) in [5, 5.41) is 5.65. The summed E-state index contributed by atoms with van der Waals surface area (Å²) in [5.41, 5.74) is -0.169. The number of nitrogens with zero attached hydrogens (tertiary/aromatic N) is 2. The van der Waals surface area contributed by atoms with Gasteiger partial charge in [-0.15, -0.1) is 0 Å². The Labute approximate surface area is 153 Å². The van der Waals surface area contributed by atoms with Crippen molar-refractivity contribution in [1.29, 1.82) is 0 Å². The van der Waals surface area contributed by atoms with Gasteiger partial charge in [-0.05, 0) is 31.6 Å². The molecule has 3 amide bonds. The van der Waals surface area contributed by atoms with Gasteiger partial charge in [-0.25, -0.2) is 13.3 Å². The zero-order valence-electron chi connectivity index (χ0n) is 15.8. The first-order valence-corrected chi connectivity index (χ1v) is 10.4. The van der Waals surface area contributed by atoms with E-state index in [-0.39, 0.29) is 36.0 Å². The van der Waals surface area contributed by atoms with E-state index in [1.54, 1.807) is 0 Å². The van der Waals surface area contributed by atoms with Crippen LogP contribution < -0.4 is 10.6 Å². The lowest BCUT2D eigenvalue weighted by Gasteiger charge is -2.34. The van der Waals surface area contributed by atoms with Crippen LogP contribution in [-0.2, 0) is 15.8 Å². The first-order chi connectivity index (χ1) is 11.7. The predicted octanol–water partition coefficient (Wildman–Crippen LogP) is 1.08. The zero-order valence-corrected chi connectivity index (χ0v) is 16.7. The zero-order chi connectivity index (χ0) is 18.6. The van der Waals surface area contributed by atoms with E-state index in [0.29, 0.717) is 12.3 Å². The number of hydrogen-bond donors (Lipinski definition) is 2. The van der Waals surface area contributed by atoms with E-state index in [1.165, 1.54) is 0 Å². The summed E-state index contributed by atoms with van der Waals surface area (Å²) in [6.45, 7) is 10.3. The summed E-state index contributed by atoms with van der Waals surface area (Å²) < 4.78 is 13.9. The van der Waals surface area contributed by atoms with E-state index < -0.39 is 11.0 Å². The number of carbonyl (C=O) groups excluding carboxylic acids is 2. The first-order valence-electron chi connectivity index (χ1n) is 9.15. The molecule has 2 aliphatic rings. The van der Waals surface area contributed by atoms with E-state index in [9.17, 15) is 13.8 Å². The summed E-state index contributed by atoms with van der Waals surface area (Å²) in [6.07, 6.45) is 2.98. The topological polar surface area (TPSA) is 81.8 Å². The minimum atomic E-state index is -0.947. The SMILES string of the molecule is C[C@@H]1CCCN1C(=O)CNC(=O)NC(CN1CCCS1=O)C(C)(C)C. The van der Waals surface area contributed by atoms with Crippen molar-refractivity contribution in [2.75, 3.05) is 31.9 Å². The third-order valence-electron chi connectivity index (χ3n) is 5.02. The summed E-state index contributed by atoms with van der Waals surface area (Å²) >= 11 is 0. The van der Waals surface area contributed by atoms with Gasteiger partial charge in [0.1, 0.15) is 0 Å². The summed E-state index contributed by atoms with van der Waals surface area (Å²) in [6, 6.07) is -0.231. The molecule has 2 unspecified atom stereocenters. The van der Waals surface area contributed by atoms with Crippen LogP contribution in [0.25, 0.3) is 0 Å². The minimum Gasteiger partial charge on any atom is -0.338 e.